The Labute approximate surface area is 110 Å². The molecule has 4 nitrogen and oxygen atoms in total. The smallest absolute Gasteiger partial charge is 0.0593 e. The van der Waals surface area contributed by atoms with Gasteiger partial charge >= 0.3 is 0 Å². The van der Waals surface area contributed by atoms with Crippen LogP contribution in [-0.2, 0) is 6.54 Å². The first-order valence-corrected chi connectivity index (χ1v) is 6.77. The summed E-state index contributed by atoms with van der Waals surface area (Å²) in [6, 6.07) is 0. The van der Waals surface area contributed by atoms with Crippen molar-refractivity contribution in [2.45, 2.75) is 27.3 Å². The summed E-state index contributed by atoms with van der Waals surface area (Å²) in [4.78, 5) is 9.49. The molecule has 2 N–H and O–H groups in total. The van der Waals surface area contributed by atoms with Crippen molar-refractivity contribution in [3.8, 4) is 0 Å². The highest BCUT2D eigenvalue weighted by Crippen LogP contribution is 2.19. The van der Waals surface area contributed by atoms with E-state index in [4.69, 9.17) is 5.73 Å². The molecule has 2 rings (SSSR count). The van der Waals surface area contributed by atoms with Gasteiger partial charge in [0.05, 0.1) is 5.69 Å². The maximum atomic E-state index is 6.06. The predicted octanol–water partition coefficient (Wildman–Crippen LogP) is 1.42. The van der Waals surface area contributed by atoms with Gasteiger partial charge in [0.25, 0.3) is 0 Å². The van der Waals surface area contributed by atoms with E-state index in [-0.39, 0.29) is 0 Å². The lowest BCUT2D eigenvalue weighted by Crippen LogP contribution is -2.45. The molecule has 4 heteroatoms. The number of piperazine rings is 1. The summed E-state index contributed by atoms with van der Waals surface area (Å²) in [6.45, 7) is 13.0. The molecule has 0 amide bonds. The van der Waals surface area contributed by atoms with Crippen LogP contribution < -0.4 is 5.73 Å². The van der Waals surface area contributed by atoms with Crippen LogP contribution in [0.2, 0.25) is 0 Å². The van der Waals surface area contributed by atoms with Crippen molar-refractivity contribution in [2.24, 2.45) is 0 Å². The van der Waals surface area contributed by atoms with Crippen LogP contribution in [0.4, 0.5) is 5.69 Å². The Morgan fingerprint density at radius 1 is 1.17 bits per heavy atom. The van der Waals surface area contributed by atoms with E-state index in [9.17, 15) is 0 Å². The summed E-state index contributed by atoms with van der Waals surface area (Å²) in [6.07, 6.45) is 1.89. The lowest BCUT2D eigenvalue weighted by Gasteiger charge is -2.34. The molecule has 0 spiro atoms. The fourth-order valence-electron chi connectivity index (χ4n) is 2.43. The van der Waals surface area contributed by atoms with E-state index in [2.05, 4.69) is 28.6 Å². The van der Waals surface area contributed by atoms with Crippen LogP contribution in [-0.4, -0.2) is 47.5 Å². The number of likely N-dealkylation sites (N-methyl/N-ethyl adjacent to an activating group) is 1. The predicted molar refractivity (Wildman–Crippen MR) is 75.5 cm³/mol. The maximum absolute atomic E-state index is 6.06. The van der Waals surface area contributed by atoms with Crippen LogP contribution in [0, 0.1) is 13.8 Å². The number of pyridine rings is 1. The average Bonchev–Trinajstić information content (AvgIpc) is 2.40. The minimum Gasteiger partial charge on any atom is -0.398 e. The quantitative estimate of drug-likeness (QED) is 0.878. The molecule has 0 aromatic carbocycles. The molecule has 1 saturated heterocycles. The molecule has 0 radical (unpaired) electrons. The summed E-state index contributed by atoms with van der Waals surface area (Å²) in [5.74, 6) is 0. The van der Waals surface area contributed by atoms with Gasteiger partial charge in [0.2, 0.25) is 0 Å². The molecule has 18 heavy (non-hydrogen) atoms. The second kappa shape index (κ2) is 5.67. The van der Waals surface area contributed by atoms with Crippen LogP contribution in [0.5, 0.6) is 0 Å². The van der Waals surface area contributed by atoms with Crippen molar-refractivity contribution in [1.82, 2.24) is 14.8 Å². The lowest BCUT2D eigenvalue weighted by atomic mass is 10.1. The molecule has 1 fully saturated rings. The monoisotopic (exact) mass is 248 g/mol. The van der Waals surface area contributed by atoms with E-state index in [0.717, 1.165) is 61.8 Å². The van der Waals surface area contributed by atoms with Crippen molar-refractivity contribution < 1.29 is 0 Å². The van der Waals surface area contributed by atoms with E-state index < -0.39 is 0 Å². The molecule has 1 aliphatic rings. The Kier molecular flexibility index (Phi) is 4.19. The number of nitrogen functional groups attached to an aromatic ring is 1. The van der Waals surface area contributed by atoms with Crippen molar-refractivity contribution in [3.63, 3.8) is 0 Å². The van der Waals surface area contributed by atoms with Crippen molar-refractivity contribution >= 4 is 5.69 Å². The number of hydrogen-bond donors (Lipinski definition) is 1. The molecule has 1 aromatic heterocycles. The molecule has 1 aromatic rings. The van der Waals surface area contributed by atoms with Gasteiger partial charge in [-0.3, -0.25) is 9.88 Å². The highest BCUT2D eigenvalue weighted by molar-refractivity contribution is 5.53. The van der Waals surface area contributed by atoms with Gasteiger partial charge in [-0.25, -0.2) is 0 Å². The molecular weight excluding hydrogens is 224 g/mol. The molecule has 100 valence electrons. The van der Waals surface area contributed by atoms with E-state index in [1.165, 1.54) is 0 Å². The molecule has 0 aliphatic carbocycles. The van der Waals surface area contributed by atoms with Crippen molar-refractivity contribution in [1.29, 1.82) is 0 Å². The number of nitrogens with zero attached hydrogens (tertiary/aromatic N) is 3. The highest BCUT2D eigenvalue weighted by atomic mass is 15.3. The molecule has 0 saturated carbocycles. The van der Waals surface area contributed by atoms with Crippen LogP contribution in [0.3, 0.4) is 0 Å². The Morgan fingerprint density at radius 2 is 1.78 bits per heavy atom. The Hall–Kier alpha value is -1.13. The molecule has 0 bridgehead atoms. The molecule has 2 heterocycles. The topological polar surface area (TPSA) is 45.4 Å². The maximum Gasteiger partial charge on any atom is 0.0593 e. The van der Waals surface area contributed by atoms with Gasteiger partial charge in [-0.1, -0.05) is 6.92 Å². The first-order chi connectivity index (χ1) is 8.61. The lowest BCUT2D eigenvalue weighted by molar-refractivity contribution is 0.130. The normalized spacial score (nSPS) is 18.2. The summed E-state index contributed by atoms with van der Waals surface area (Å²) < 4.78 is 0. The van der Waals surface area contributed by atoms with Gasteiger partial charge in [-0.15, -0.1) is 0 Å². The van der Waals surface area contributed by atoms with E-state index >= 15 is 0 Å². The van der Waals surface area contributed by atoms with Crippen LogP contribution in [0.1, 0.15) is 23.7 Å². The first kappa shape index (κ1) is 13.3. The van der Waals surface area contributed by atoms with Crippen LogP contribution in [0.15, 0.2) is 6.20 Å². The number of aryl methyl sites for hydroxylation is 1. The summed E-state index contributed by atoms with van der Waals surface area (Å²) >= 11 is 0. The Bertz CT molecular complexity index is 409. The number of anilines is 1. The van der Waals surface area contributed by atoms with Gasteiger partial charge in [0.1, 0.15) is 0 Å². The summed E-state index contributed by atoms with van der Waals surface area (Å²) in [5.41, 5.74) is 10.3. The minimum atomic E-state index is 0.896. The fourth-order valence-corrected chi connectivity index (χ4v) is 2.43. The third kappa shape index (κ3) is 2.82. The van der Waals surface area contributed by atoms with E-state index in [1.807, 2.05) is 13.1 Å². The minimum absolute atomic E-state index is 0.896. The molecule has 1 aliphatic heterocycles. The highest BCUT2D eigenvalue weighted by Gasteiger charge is 2.17. The summed E-state index contributed by atoms with van der Waals surface area (Å²) in [5, 5.41) is 0. The zero-order chi connectivity index (χ0) is 13.1. The fraction of sp³-hybridized carbons (Fsp3) is 0.643. The van der Waals surface area contributed by atoms with Crippen molar-refractivity contribution in [3.05, 3.63) is 23.0 Å². The van der Waals surface area contributed by atoms with E-state index in [0.29, 0.717) is 0 Å². The van der Waals surface area contributed by atoms with Crippen LogP contribution >= 0.6 is 0 Å². The summed E-state index contributed by atoms with van der Waals surface area (Å²) in [7, 11) is 0. The van der Waals surface area contributed by atoms with Gasteiger partial charge in [0.15, 0.2) is 0 Å². The average molecular weight is 248 g/mol. The zero-order valence-corrected chi connectivity index (χ0v) is 11.7. The van der Waals surface area contributed by atoms with Crippen LogP contribution in [0.25, 0.3) is 0 Å². The number of aromatic nitrogens is 1. The molecular formula is C14H24N4. The largest absolute Gasteiger partial charge is 0.398 e. The number of rotatable bonds is 3. The number of hydrogen-bond acceptors (Lipinski definition) is 4. The van der Waals surface area contributed by atoms with Gasteiger partial charge < -0.3 is 10.6 Å². The van der Waals surface area contributed by atoms with Crippen molar-refractivity contribution in [2.75, 3.05) is 38.5 Å². The second-order valence-corrected chi connectivity index (χ2v) is 5.14. The molecule has 0 unspecified atom stereocenters. The Balaban J connectivity index is 2.00. The number of nitrogens with two attached hydrogens (primary N) is 1. The van der Waals surface area contributed by atoms with E-state index in [1.54, 1.807) is 0 Å². The van der Waals surface area contributed by atoms with Gasteiger partial charge in [-0.05, 0) is 31.5 Å². The first-order valence-electron chi connectivity index (χ1n) is 6.77. The standard InChI is InChI=1S/C14H24N4/c1-4-17-5-7-18(8-6-17)10-13-12(3)14(15)11(2)9-16-13/h9H,4-8,10H2,1-3H3,(H2,15,16). The third-order valence-electron chi connectivity index (χ3n) is 3.96. The SMILES string of the molecule is CCN1CCN(Cc2ncc(C)c(N)c2C)CC1. The molecule has 0 atom stereocenters. The second-order valence-electron chi connectivity index (χ2n) is 5.14. The Morgan fingerprint density at radius 3 is 2.39 bits per heavy atom. The third-order valence-corrected chi connectivity index (χ3v) is 3.96. The van der Waals surface area contributed by atoms with Gasteiger partial charge in [-0.2, -0.15) is 0 Å². The zero-order valence-electron chi connectivity index (χ0n) is 11.7. The van der Waals surface area contributed by atoms with Gasteiger partial charge in [0, 0.05) is 44.6 Å².